The standard InChI is InChI=1S/C20H19FN2O3S/c1-25-17-5-7-18(8-6-17)26-12-19(24)22-10-9-16-13-27-20(23-16)14-3-2-4-15(21)11-14/h2-8,11,13H,9-10,12H2,1H3,(H,22,24). The molecule has 1 heterocycles. The molecule has 0 bridgehead atoms. The normalized spacial score (nSPS) is 10.4. The van der Waals surface area contributed by atoms with Crippen molar-refractivity contribution < 1.29 is 18.7 Å². The quantitative estimate of drug-likeness (QED) is 0.641. The molecule has 0 fully saturated rings. The summed E-state index contributed by atoms with van der Waals surface area (Å²) in [5, 5.41) is 5.48. The second-order valence-corrected chi connectivity index (χ2v) is 6.58. The number of nitrogens with zero attached hydrogens (tertiary/aromatic N) is 1. The molecule has 5 nitrogen and oxygen atoms in total. The molecule has 0 aliphatic rings. The Hall–Kier alpha value is -2.93. The molecule has 0 unspecified atom stereocenters. The minimum atomic E-state index is -0.284. The number of aromatic nitrogens is 1. The Bertz CT molecular complexity index is 896. The van der Waals surface area contributed by atoms with Gasteiger partial charge in [-0.2, -0.15) is 0 Å². The monoisotopic (exact) mass is 386 g/mol. The van der Waals surface area contributed by atoms with Gasteiger partial charge in [-0.05, 0) is 36.4 Å². The van der Waals surface area contributed by atoms with E-state index in [0.717, 1.165) is 22.0 Å². The van der Waals surface area contributed by atoms with Gasteiger partial charge in [0.2, 0.25) is 0 Å². The van der Waals surface area contributed by atoms with Gasteiger partial charge in [-0.25, -0.2) is 9.37 Å². The first-order valence-corrected chi connectivity index (χ1v) is 9.26. The second-order valence-electron chi connectivity index (χ2n) is 5.72. The van der Waals surface area contributed by atoms with E-state index in [0.29, 0.717) is 18.7 Å². The molecule has 0 saturated heterocycles. The van der Waals surface area contributed by atoms with Crippen molar-refractivity contribution in [3.8, 4) is 22.1 Å². The maximum absolute atomic E-state index is 13.3. The molecule has 0 aliphatic carbocycles. The number of hydrogen-bond donors (Lipinski definition) is 1. The Morgan fingerprint density at radius 1 is 1.19 bits per heavy atom. The van der Waals surface area contributed by atoms with E-state index in [1.165, 1.54) is 23.5 Å². The highest BCUT2D eigenvalue weighted by Gasteiger charge is 2.07. The van der Waals surface area contributed by atoms with Crippen molar-refractivity contribution in [3.05, 3.63) is 65.4 Å². The molecule has 0 radical (unpaired) electrons. The summed E-state index contributed by atoms with van der Waals surface area (Å²) >= 11 is 1.46. The van der Waals surface area contributed by atoms with Crippen molar-refractivity contribution in [1.82, 2.24) is 10.3 Å². The van der Waals surface area contributed by atoms with Crippen LogP contribution in [0.4, 0.5) is 4.39 Å². The van der Waals surface area contributed by atoms with Crippen LogP contribution in [0.1, 0.15) is 5.69 Å². The SMILES string of the molecule is COc1ccc(OCC(=O)NCCc2csc(-c3cccc(F)c3)n2)cc1. The largest absolute Gasteiger partial charge is 0.497 e. The van der Waals surface area contributed by atoms with E-state index >= 15 is 0 Å². The zero-order valence-corrected chi connectivity index (χ0v) is 15.6. The van der Waals surface area contributed by atoms with Crippen LogP contribution in [0, 0.1) is 5.82 Å². The number of carbonyl (C=O) groups excluding carboxylic acids is 1. The highest BCUT2D eigenvalue weighted by atomic mass is 32.1. The fourth-order valence-electron chi connectivity index (χ4n) is 2.38. The fourth-order valence-corrected chi connectivity index (χ4v) is 3.23. The lowest BCUT2D eigenvalue weighted by Gasteiger charge is -2.07. The molecular formula is C20H19FN2O3S. The number of nitrogens with one attached hydrogen (secondary N) is 1. The van der Waals surface area contributed by atoms with Gasteiger partial charge in [0.05, 0.1) is 12.8 Å². The van der Waals surface area contributed by atoms with Crippen molar-refractivity contribution in [3.63, 3.8) is 0 Å². The zero-order valence-electron chi connectivity index (χ0n) is 14.8. The molecule has 1 amide bonds. The Labute approximate surface area is 160 Å². The fraction of sp³-hybridized carbons (Fsp3) is 0.200. The summed E-state index contributed by atoms with van der Waals surface area (Å²) in [6, 6.07) is 13.4. The molecule has 0 aliphatic heterocycles. The molecule has 2 aromatic carbocycles. The van der Waals surface area contributed by atoms with Crippen LogP contribution in [-0.4, -0.2) is 31.2 Å². The van der Waals surface area contributed by atoms with Crippen LogP contribution in [0.2, 0.25) is 0 Å². The van der Waals surface area contributed by atoms with E-state index in [1.807, 2.05) is 11.4 Å². The van der Waals surface area contributed by atoms with Crippen molar-refractivity contribution in [2.45, 2.75) is 6.42 Å². The number of rotatable bonds is 8. The molecule has 140 valence electrons. The number of thiazole rings is 1. The van der Waals surface area contributed by atoms with Gasteiger partial charge in [0.25, 0.3) is 5.91 Å². The van der Waals surface area contributed by atoms with Crippen LogP contribution in [-0.2, 0) is 11.2 Å². The summed E-state index contributed by atoms with van der Waals surface area (Å²) in [6.07, 6.45) is 0.597. The first-order valence-electron chi connectivity index (χ1n) is 8.38. The van der Waals surface area contributed by atoms with Crippen molar-refractivity contribution in [2.75, 3.05) is 20.3 Å². The highest BCUT2D eigenvalue weighted by Crippen LogP contribution is 2.24. The number of halogens is 1. The molecule has 0 atom stereocenters. The Morgan fingerprint density at radius 3 is 2.70 bits per heavy atom. The summed E-state index contributed by atoms with van der Waals surface area (Å²) < 4.78 is 23.8. The molecule has 0 spiro atoms. The third-order valence-corrected chi connectivity index (χ3v) is 4.70. The Balaban J connectivity index is 1.42. The maximum Gasteiger partial charge on any atom is 0.257 e. The van der Waals surface area contributed by atoms with E-state index < -0.39 is 0 Å². The van der Waals surface area contributed by atoms with Crippen LogP contribution in [0.5, 0.6) is 11.5 Å². The maximum atomic E-state index is 13.3. The van der Waals surface area contributed by atoms with Gasteiger partial charge in [0.1, 0.15) is 22.3 Å². The zero-order chi connectivity index (χ0) is 19.1. The van der Waals surface area contributed by atoms with Crippen LogP contribution < -0.4 is 14.8 Å². The van der Waals surface area contributed by atoms with Crippen LogP contribution >= 0.6 is 11.3 Å². The molecular weight excluding hydrogens is 367 g/mol. The van der Waals surface area contributed by atoms with Gasteiger partial charge < -0.3 is 14.8 Å². The molecule has 0 saturated carbocycles. The predicted octanol–water partition coefficient (Wildman–Crippen LogP) is 3.70. The van der Waals surface area contributed by atoms with Crippen molar-refractivity contribution >= 4 is 17.2 Å². The molecule has 3 aromatic rings. The average molecular weight is 386 g/mol. The summed E-state index contributed by atoms with van der Waals surface area (Å²) in [5.41, 5.74) is 1.61. The van der Waals surface area contributed by atoms with Crippen LogP contribution in [0.3, 0.4) is 0 Å². The van der Waals surface area contributed by atoms with E-state index in [2.05, 4.69) is 10.3 Å². The predicted molar refractivity (Wildman–Crippen MR) is 103 cm³/mol. The van der Waals surface area contributed by atoms with E-state index in [9.17, 15) is 9.18 Å². The van der Waals surface area contributed by atoms with Gasteiger partial charge in [0, 0.05) is 23.9 Å². The number of carbonyl (C=O) groups is 1. The number of benzene rings is 2. The average Bonchev–Trinajstić information content (AvgIpc) is 3.16. The van der Waals surface area contributed by atoms with Crippen LogP contribution in [0.15, 0.2) is 53.9 Å². The Kier molecular flexibility index (Phi) is 6.38. The minimum absolute atomic E-state index is 0.0576. The molecule has 3 rings (SSSR count). The number of hydrogen-bond acceptors (Lipinski definition) is 5. The van der Waals surface area contributed by atoms with Gasteiger partial charge >= 0.3 is 0 Å². The topological polar surface area (TPSA) is 60.5 Å². The third-order valence-electron chi connectivity index (χ3n) is 3.76. The molecule has 1 N–H and O–H groups in total. The molecule has 1 aromatic heterocycles. The lowest BCUT2D eigenvalue weighted by Crippen LogP contribution is -2.30. The summed E-state index contributed by atoms with van der Waals surface area (Å²) in [7, 11) is 1.59. The lowest BCUT2D eigenvalue weighted by molar-refractivity contribution is -0.123. The summed E-state index contributed by atoms with van der Waals surface area (Å²) in [5.74, 6) is 0.845. The van der Waals surface area contributed by atoms with E-state index in [-0.39, 0.29) is 18.3 Å². The third kappa shape index (κ3) is 5.52. The lowest BCUT2D eigenvalue weighted by atomic mass is 10.2. The van der Waals surface area contributed by atoms with Gasteiger partial charge in [-0.3, -0.25) is 4.79 Å². The Morgan fingerprint density at radius 2 is 1.96 bits per heavy atom. The molecule has 27 heavy (non-hydrogen) atoms. The first-order chi connectivity index (χ1) is 13.1. The number of methoxy groups -OCH3 is 1. The van der Waals surface area contributed by atoms with E-state index in [4.69, 9.17) is 9.47 Å². The second kappa shape index (κ2) is 9.14. The van der Waals surface area contributed by atoms with Crippen molar-refractivity contribution in [1.29, 1.82) is 0 Å². The highest BCUT2D eigenvalue weighted by molar-refractivity contribution is 7.13. The number of ether oxygens (including phenoxy) is 2. The smallest absolute Gasteiger partial charge is 0.257 e. The van der Waals surface area contributed by atoms with Crippen molar-refractivity contribution in [2.24, 2.45) is 0 Å². The first kappa shape index (κ1) is 18.8. The molecule has 7 heteroatoms. The number of amides is 1. The van der Waals surface area contributed by atoms with Gasteiger partial charge in [-0.15, -0.1) is 11.3 Å². The summed E-state index contributed by atoms with van der Waals surface area (Å²) in [4.78, 5) is 16.4. The minimum Gasteiger partial charge on any atom is -0.497 e. The van der Waals surface area contributed by atoms with Crippen LogP contribution in [0.25, 0.3) is 10.6 Å². The van der Waals surface area contributed by atoms with Gasteiger partial charge in [-0.1, -0.05) is 12.1 Å². The van der Waals surface area contributed by atoms with E-state index in [1.54, 1.807) is 37.4 Å². The summed E-state index contributed by atoms with van der Waals surface area (Å²) in [6.45, 7) is 0.398. The van der Waals surface area contributed by atoms with Gasteiger partial charge in [0.15, 0.2) is 6.61 Å².